The number of carbonyl (C=O) groups excluding carboxylic acids is 1. The van der Waals surface area contributed by atoms with E-state index >= 15 is 0 Å². The third kappa shape index (κ3) is 5.02. The third-order valence-corrected chi connectivity index (χ3v) is 4.70. The second-order valence-electron chi connectivity index (χ2n) is 6.72. The number of nitrogens with two attached hydrogens (primary N) is 1. The topological polar surface area (TPSA) is 45.7 Å². The smallest absolute Gasteiger partial charge is 0.275 e. The second-order valence-corrected chi connectivity index (χ2v) is 6.72. The van der Waals surface area contributed by atoms with Crippen LogP contribution in [0.15, 0.2) is 78.9 Å². The summed E-state index contributed by atoms with van der Waals surface area (Å²) in [5.74, 6) is -1.88. The molecule has 1 atom stereocenters. The molecule has 0 aromatic heterocycles. The Labute approximate surface area is 163 Å². The van der Waals surface area contributed by atoms with E-state index in [1.807, 2.05) is 67.6 Å². The largest absolute Gasteiger partial charge is 0.340 e. The van der Waals surface area contributed by atoms with Crippen molar-refractivity contribution in [2.75, 3.05) is 6.54 Å². The first-order chi connectivity index (χ1) is 13.5. The molecule has 0 fully saturated rings. The molecule has 5 heteroatoms. The van der Waals surface area contributed by atoms with Gasteiger partial charge in [-0.05, 0) is 36.2 Å². The molecule has 28 heavy (non-hydrogen) atoms. The van der Waals surface area contributed by atoms with Gasteiger partial charge in [-0.15, -0.1) is 0 Å². The summed E-state index contributed by atoms with van der Waals surface area (Å²) < 4.78 is 26.5. The van der Waals surface area contributed by atoms with E-state index < -0.39 is 11.6 Å². The highest BCUT2D eigenvalue weighted by molar-refractivity contribution is 5.77. The molecule has 0 aliphatic rings. The van der Waals surface area contributed by atoms with Crippen LogP contribution >= 0.6 is 0 Å². The van der Waals surface area contributed by atoms with Crippen LogP contribution in [0.4, 0.5) is 8.78 Å². The van der Waals surface area contributed by atoms with Gasteiger partial charge in [-0.2, -0.15) is 0 Å². The SMILES string of the molecule is C[C@@H]([NH2+]CC(=O)NC(c1ccccc1)c1ccccc1)c1ccc(F)c(F)c1. The van der Waals surface area contributed by atoms with Gasteiger partial charge in [0.1, 0.15) is 6.04 Å². The maximum Gasteiger partial charge on any atom is 0.275 e. The molecule has 0 unspecified atom stereocenters. The molecule has 3 rings (SSSR count). The van der Waals surface area contributed by atoms with Crippen LogP contribution in [0.1, 0.15) is 35.7 Å². The lowest BCUT2D eigenvalue weighted by Gasteiger charge is -2.20. The summed E-state index contributed by atoms with van der Waals surface area (Å²) in [4.78, 5) is 12.6. The molecular weight excluding hydrogens is 358 g/mol. The Bertz CT molecular complexity index is 877. The van der Waals surface area contributed by atoms with Crippen LogP contribution in [-0.4, -0.2) is 12.5 Å². The Kier molecular flexibility index (Phi) is 6.50. The maximum absolute atomic E-state index is 13.4. The van der Waals surface area contributed by atoms with Crippen molar-refractivity contribution >= 4 is 5.91 Å². The van der Waals surface area contributed by atoms with Gasteiger partial charge in [0.25, 0.3) is 5.91 Å². The van der Waals surface area contributed by atoms with E-state index in [0.29, 0.717) is 5.56 Å². The molecule has 0 saturated heterocycles. The van der Waals surface area contributed by atoms with E-state index in [9.17, 15) is 13.6 Å². The number of quaternary nitrogens is 1. The highest BCUT2D eigenvalue weighted by atomic mass is 19.2. The van der Waals surface area contributed by atoms with Crippen molar-refractivity contribution in [1.29, 1.82) is 0 Å². The Morgan fingerprint density at radius 1 is 0.857 bits per heavy atom. The first kappa shape index (κ1) is 19.7. The fraction of sp³-hybridized carbons (Fsp3) is 0.174. The number of amides is 1. The van der Waals surface area contributed by atoms with Crippen LogP contribution < -0.4 is 10.6 Å². The number of nitrogens with one attached hydrogen (secondary N) is 1. The molecule has 3 nitrogen and oxygen atoms in total. The molecule has 1 amide bonds. The minimum absolute atomic E-state index is 0.132. The summed E-state index contributed by atoms with van der Waals surface area (Å²) in [5, 5.41) is 4.87. The summed E-state index contributed by atoms with van der Waals surface area (Å²) >= 11 is 0. The van der Waals surface area contributed by atoms with Crippen LogP contribution in [0.5, 0.6) is 0 Å². The number of hydrogen-bond acceptors (Lipinski definition) is 1. The predicted molar refractivity (Wildman–Crippen MR) is 104 cm³/mol. The Balaban J connectivity index is 1.66. The summed E-state index contributed by atoms with van der Waals surface area (Å²) in [6, 6.07) is 22.9. The number of carbonyl (C=O) groups is 1. The quantitative estimate of drug-likeness (QED) is 0.647. The van der Waals surface area contributed by atoms with Crippen molar-refractivity contribution in [2.45, 2.75) is 19.0 Å². The average molecular weight is 381 g/mol. The van der Waals surface area contributed by atoms with Gasteiger partial charge in [0.2, 0.25) is 0 Å². The van der Waals surface area contributed by atoms with Gasteiger partial charge >= 0.3 is 0 Å². The monoisotopic (exact) mass is 381 g/mol. The minimum Gasteiger partial charge on any atom is -0.340 e. The lowest BCUT2D eigenvalue weighted by atomic mass is 9.99. The van der Waals surface area contributed by atoms with Gasteiger partial charge < -0.3 is 10.6 Å². The fourth-order valence-corrected chi connectivity index (χ4v) is 3.09. The first-order valence-electron chi connectivity index (χ1n) is 9.22. The van der Waals surface area contributed by atoms with Gasteiger partial charge in [0, 0.05) is 5.56 Å². The molecule has 3 N–H and O–H groups in total. The van der Waals surface area contributed by atoms with Crippen molar-refractivity contribution < 1.29 is 18.9 Å². The van der Waals surface area contributed by atoms with Crippen molar-refractivity contribution in [3.8, 4) is 0 Å². The molecular formula is C23H23F2N2O+. The number of benzene rings is 3. The molecule has 0 saturated carbocycles. The molecule has 0 bridgehead atoms. The minimum atomic E-state index is -0.879. The molecule has 0 spiro atoms. The first-order valence-corrected chi connectivity index (χ1v) is 9.22. The molecule has 144 valence electrons. The van der Waals surface area contributed by atoms with Gasteiger partial charge in [-0.25, -0.2) is 8.78 Å². The van der Waals surface area contributed by atoms with Crippen molar-refractivity contribution in [2.24, 2.45) is 0 Å². The van der Waals surface area contributed by atoms with Gasteiger partial charge in [-0.1, -0.05) is 60.7 Å². The lowest BCUT2D eigenvalue weighted by Crippen LogP contribution is -2.87. The van der Waals surface area contributed by atoms with E-state index in [1.54, 1.807) is 5.32 Å². The summed E-state index contributed by atoms with van der Waals surface area (Å²) in [6.45, 7) is 2.03. The molecule has 0 radical (unpaired) electrons. The van der Waals surface area contributed by atoms with Crippen LogP contribution in [0.3, 0.4) is 0 Å². The molecule has 3 aromatic rings. The summed E-state index contributed by atoms with van der Waals surface area (Å²) in [6.07, 6.45) is 0. The van der Waals surface area contributed by atoms with Gasteiger partial charge in [0.05, 0.1) is 6.04 Å². The Hall–Kier alpha value is -3.05. The normalized spacial score (nSPS) is 12.0. The standard InChI is InChI=1S/C23H22F2N2O/c1-16(19-12-13-20(24)21(25)14-19)26-15-22(28)27-23(17-8-4-2-5-9-17)18-10-6-3-7-11-18/h2-14,16,23,26H,15H2,1H3,(H,27,28)/p+1/t16-/m1/s1. The molecule has 0 aliphatic heterocycles. The van der Waals surface area contributed by atoms with E-state index in [1.165, 1.54) is 12.1 Å². The van der Waals surface area contributed by atoms with Gasteiger partial charge in [-0.3, -0.25) is 4.79 Å². The zero-order valence-electron chi connectivity index (χ0n) is 15.6. The van der Waals surface area contributed by atoms with Crippen LogP contribution in [-0.2, 0) is 4.79 Å². The predicted octanol–water partition coefficient (Wildman–Crippen LogP) is 3.50. The average Bonchev–Trinajstić information content (AvgIpc) is 2.73. The lowest BCUT2D eigenvalue weighted by molar-refractivity contribution is -0.682. The van der Waals surface area contributed by atoms with Crippen LogP contribution in [0, 0.1) is 11.6 Å². The van der Waals surface area contributed by atoms with Crippen molar-refractivity contribution in [1.82, 2.24) is 5.32 Å². The highest BCUT2D eigenvalue weighted by Gasteiger charge is 2.19. The summed E-state index contributed by atoms with van der Waals surface area (Å²) in [5.41, 5.74) is 2.63. The third-order valence-electron chi connectivity index (χ3n) is 4.70. The number of hydrogen-bond donors (Lipinski definition) is 2. The Morgan fingerprint density at radius 3 is 1.96 bits per heavy atom. The van der Waals surface area contributed by atoms with Crippen molar-refractivity contribution in [3.63, 3.8) is 0 Å². The molecule has 0 aliphatic carbocycles. The maximum atomic E-state index is 13.4. The molecule has 0 heterocycles. The zero-order valence-corrected chi connectivity index (χ0v) is 15.6. The summed E-state index contributed by atoms with van der Waals surface area (Å²) in [7, 11) is 0. The van der Waals surface area contributed by atoms with E-state index in [-0.39, 0.29) is 24.5 Å². The van der Waals surface area contributed by atoms with E-state index in [4.69, 9.17) is 0 Å². The second kappa shape index (κ2) is 9.24. The van der Waals surface area contributed by atoms with E-state index in [0.717, 1.165) is 17.2 Å². The van der Waals surface area contributed by atoms with Crippen LogP contribution in [0.2, 0.25) is 0 Å². The van der Waals surface area contributed by atoms with Gasteiger partial charge in [0.15, 0.2) is 18.2 Å². The highest BCUT2D eigenvalue weighted by Crippen LogP contribution is 2.21. The van der Waals surface area contributed by atoms with E-state index in [2.05, 4.69) is 5.32 Å². The molecule has 3 aromatic carbocycles. The number of rotatable bonds is 7. The zero-order chi connectivity index (χ0) is 19.9. The van der Waals surface area contributed by atoms with Crippen molar-refractivity contribution in [3.05, 3.63) is 107 Å². The number of halogens is 2. The fourth-order valence-electron chi connectivity index (χ4n) is 3.09. The Morgan fingerprint density at radius 2 is 1.43 bits per heavy atom. The van der Waals surface area contributed by atoms with Crippen LogP contribution in [0.25, 0.3) is 0 Å².